The fourth-order valence-corrected chi connectivity index (χ4v) is 5.50. The molecule has 3 N–H and O–H groups in total. The van der Waals surface area contributed by atoms with Gasteiger partial charge >= 0.3 is 6.09 Å². The van der Waals surface area contributed by atoms with Gasteiger partial charge in [0.05, 0.1) is 50.6 Å². The summed E-state index contributed by atoms with van der Waals surface area (Å²) in [6, 6.07) is 10.9. The van der Waals surface area contributed by atoms with Crippen molar-refractivity contribution in [1.29, 1.82) is 0 Å². The molecular formula is C27H21ClF4N6O4S. The number of carbonyl (C=O) groups is 1. The number of benzene rings is 3. The number of hydrogen-bond donors (Lipinski definition) is 3. The lowest BCUT2D eigenvalue weighted by molar-refractivity contribution is 0.123. The second-order valence-corrected chi connectivity index (χ2v) is 11.7. The smallest absolute Gasteiger partial charge is 0.405 e. The highest BCUT2D eigenvalue weighted by molar-refractivity contribution is 7.92. The Balaban J connectivity index is 1.82. The molecule has 5 rings (SSSR count). The molecule has 1 amide bonds. The van der Waals surface area contributed by atoms with Gasteiger partial charge in [-0.15, -0.1) is 0 Å². The Morgan fingerprint density at radius 2 is 1.70 bits per heavy atom. The van der Waals surface area contributed by atoms with Gasteiger partial charge in [0.15, 0.2) is 5.82 Å². The molecule has 0 radical (unpaired) electrons. The molecule has 224 valence electrons. The van der Waals surface area contributed by atoms with Crippen LogP contribution >= 0.6 is 11.6 Å². The Bertz CT molecular complexity index is 1970. The van der Waals surface area contributed by atoms with Crippen LogP contribution in [0, 0.1) is 11.6 Å². The number of hydrogen-bond acceptors (Lipinski definition) is 6. The van der Waals surface area contributed by atoms with E-state index in [1.54, 1.807) is 24.3 Å². The topological polar surface area (TPSA) is 139 Å². The van der Waals surface area contributed by atoms with E-state index >= 15 is 0 Å². The summed E-state index contributed by atoms with van der Waals surface area (Å²) in [6.07, 6.45) is -3.80. The quantitative estimate of drug-likeness (QED) is 0.175. The summed E-state index contributed by atoms with van der Waals surface area (Å²) in [6.45, 7) is -0.953. The number of nitrogens with zero attached hydrogens (tertiary/aromatic N) is 4. The average molecular weight is 637 g/mol. The number of alkyl halides is 2. The number of para-hydroxylation sites is 2. The fraction of sp³-hybridized carbons (Fsp3) is 0.185. The van der Waals surface area contributed by atoms with Gasteiger partial charge < -0.3 is 10.4 Å². The fourth-order valence-electron chi connectivity index (χ4n) is 4.77. The minimum atomic E-state index is -3.92. The molecule has 0 aliphatic heterocycles. The van der Waals surface area contributed by atoms with Crippen LogP contribution in [0.1, 0.15) is 17.3 Å². The number of sulfonamides is 1. The van der Waals surface area contributed by atoms with Crippen molar-refractivity contribution >= 4 is 55.5 Å². The number of nitrogens with one attached hydrogen (secondary N) is 2. The van der Waals surface area contributed by atoms with E-state index in [0.717, 1.165) is 23.1 Å². The Hall–Kier alpha value is -4.50. The largest absolute Gasteiger partial charge is 0.465 e. The zero-order chi connectivity index (χ0) is 31.1. The number of carboxylic acid groups (broad SMARTS) is 1. The molecule has 0 aliphatic carbocycles. The van der Waals surface area contributed by atoms with Crippen LogP contribution in [0.4, 0.5) is 28.2 Å². The molecule has 10 nitrogen and oxygen atoms in total. The SMILES string of the molecule is CS(=O)(=O)Nc1nn(CC(F)F)c2c(-c3nc4ccccc4nc3C(Cc3cc(F)cc(F)c3)NC(=O)O)ccc(Cl)c12. The van der Waals surface area contributed by atoms with Crippen molar-refractivity contribution in [2.75, 3.05) is 11.0 Å². The third-order valence-electron chi connectivity index (χ3n) is 6.28. The van der Waals surface area contributed by atoms with Gasteiger partial charge in [-0.25, -0.2) is 40.7 Å². The summed E-state index contributed by atoms with van der Waals surface area (Å²) in [7, 11) is -3.92. The third kappa shape index (κ3) is 6.62. The predicted octanol–water partition coefficient (Wildman–Crippen LogP) is 5.77. The number of anilines is 1. The van der Waals surface area contributed by atoms with Gasteiger partial charge in [0.1, 0.15) is 18.2 Å². The Morgan fingerprint density at radius 1 is 1.05 bits per heavy atom. The first-order chi connectivity index (χ1) is 20.3. The highest BCUT2D eigenvalue weighted by Crippen LogP contribution is 2.40. The molecule has 1 atom stereocenters. The summed E-state index contributed by atoms with van der Waals surface area (Å²) in [5.74, 6) is -2.07. The summed E-state index contributed by atoms with van der Waals surface area (Å²) >= 11 is 6.43. The second kappa shape index (κ2) is 11.6. The maximum atomic E-state index is 14.0. The number of aromatic nitrogens is 4. The van der Waals surface area contributed by atoms with E-state index in [2.05, 4.69) is 25.1 Å². The van der Waals surface area contributed by atoms with Crippen molar-refractivity contribution in [3.63, 3.8) is 0 Å². The van der Waals surface area contributed by atoms with Crippen LogP contribution in [-0.2, 0) is 23.0 Å². The molecule has 0 saturated heterocycles. The molecule has 2 heterocycles. The van der Waals surface area contributed by atoms with Crippen LogP contribution < -0.4 is 10.0 Å². The van der Waals surface area contributed by atoms with Gasteiger partial charge in [-0.05, 0) is 48.4 Å². The van der Waals surface area contributed by atoms with Crippen molar-refractivity contribution < 1.29 is 35.9 Å². The predicted molar refractivity (Wildman–Crippen MR) is 152 cm³/mol. The summed E-state index contributed by atoms with van der Waals surface area (Å²) in [5, 5.41) is 16.0. The van der Waals surface area contributed by atoms with Gasteiger partial charge in [-0.3, -0.25) is 9.40 Å². The molecule has 0 bridgehead atoms. The monoisotopic (exact) mass is 636 g/mol. The highest BCUT2D eigenvalue weighted by atomic mass is 35.5. The van der Waals surface area contributed by atoms with Crippen molar-refractivity contribution in [2.24, 2.45) is 0 Å². The summed E-state index contributed by atoms with van der Waals surface area (Å²) < 4.78 is 82.7. The molecule has 0 spiro atoms. The molecule has 1 unspecified atom stereocenters. The van der Waals surface area contributed by atoms with E-state index in [9.17, 15) is 35.9 Å². The number of amides is 1. The molecular weight excluding hydrogens is 616 g/mol. The lowest BCUT2D eigenvalue weighted by Crippen LogP contribution is -2.30. The van der Waals surface area contributed by atoms with E-state index in [1.165, 1.54) is 12.1 Å². The van der Waals surface area contributed by atoms with Crippen molar-refractivity contribution in [3.05, 3.63) is 82.5 Å². The van der Waals surface area contributed by atoms with Crippen molar-refractivity contribution in [1.82, 2.24) is 25.1 Å². The Kier molecular flexibility index (Phi) is 8.12. The summed E-state index contributed by atoms with van der Waals surface area (Å²) in [4.78, 5) is 21.2. The van der Waals surface area contributed by atoms with Crippen LogP contribution in [0.2, 0.25) is 5.02 Å². The number of halogens is 5. The van der Waals surface area contributed by atoms with Crippen molar-refractivity contribution in [2.45, 2.75) is 25.4 Å². The molecule has 0 aliphatic rings. The first-order valence-electron chi connectivity index (χ1n) is 12.5. The van der Waals surface area contributed by atoms with E-state index < -0.39 is 46.8 Å². The number of rotatable bonds is 9. The first-order valence-corrected chi connectivity index (χ1v) is 14.7. The normalized spacial score (nSPS) is 12.6. The van der Waals surface area contributed by atoms with Crippen LogP contribution in [-0.4, -0.2) is 52.0 Å². The highest BCUT2D eigenvalue weighted by Gasteiger charge is 2.28. The van der Waals surface area contributed by atoms with Gasteiger partial charge in [0.2, 0.25) is 10.0 Å². The van der Waals surface area contributed by atoms with Gasteiger partial charge in [0, 0.05) is 11.6 Å². The minimum absolute atomic E-state index is 0.00295. The molecule has 16 heteroatoms. The van der Waals surface area contributed by atoms with E-state index in [-0.39, 0.29) is 50.7 Å². The Labute approximate surface area is 246 Å². The standard InChI is InChI=1S/C27H21ClF4N6O4S/c1-43(41,42)37-26-22-17(28)7-6-16(25(22)38(36-26)12-21(31)32)23-24(34-19-5-3-2-4-18(19)33-23)20(35-27(39)40)10-13-8-14(29)11-15(30)9-13/h2-9,11,20-21,35H,10,12H2,1H3,(H,36,37)(H,39,40). The average Bonchev–Trinajstić information content (AvgIpc) is 3.23. The van der Waals surface area contributed by atoms with Crippen molar-refractivity contribution in [3.8, 4) is 11.3 Å². The van der Waals surface area contributed by atoms with Crippen LogP contribution in [0.3, 0.4) is 0 Å². The lowest BCUT2D eigenvalue weighted by atomic mass is 9.97. The number of fused-ring (bicyclic) bond motifs is 2. The Morgan fingerprint density at radius 3 is 2.30 bits per heavy atom. The molecule has 0 saturated carbocycles. The van der Waals surface area contributed by atoms with Gasteiger partial charge in [-0.1, -0.05) is 23.7 Å². The second-order valence-electron chi connectivity index (χ2n) is 9.54. The van der Waals surface area contributed by atoms with Gasteiger partial charge in [0.25, 0.3) is 6.43 Å². The van der Waals surface area contributed by atoms with E-state index in [1.807, 2.05) is 0 Å². The molecule has 3 aromatic carbocycles. The third-order valence-corrected chi connectivity index (χ3v) is 7.16. The van der Waals surface area contributed by atoms with E-state index in [0.29, 0.717) is 17.1 Å². The first kappa shape index (κ1) is 30.0. The minimum Gasteiger partial charge on any atom is -0.465 e. The van der Waals surface area contributed by atoms with Crippen LogP contribution in [0.5, 0.6) is 0 Å². The zero-order valence-electron chi connectivity index (χ0n) is 22.0. The zero-order valence-corrected chi connectivity index (χ0v) is 23.6. The van der Waals surface area contributed by atoms with E-state index in [4.69, 9.17) is 11.6 Å². The maximum absolute atomic E-state index is 14.0. The molecule has 2 aromatic heterocycles. The lowest BCUT2D eigenvalue weighted by Gasteiger charge is -2.21. The summed E-state index contributed by atoms with van der Waals surface area (Å²) in [5.41, 5.74) is 0.884. The van der Waals surface area contributed by atoms with Gasteiger partial charge in [-0.2, -0.15) is 5.10 Å². The molecule has 5 aromatic rings. The molecule has 0 fully saturated rings. The molecule has 43 heavy (non-hydrogen) atoms. The maximum Gasteiger partial charge on any atom is 0.405 e. The van der Waals surface area contributed by atoms with Crippen LogP contribution in [0.15, 0.2) is 54.6 Å². The van der Waals surface area contributed by atoms with Crippen LogP contribution in [0.25, 0.3) is 33.2 Å².